The maximum atomic E-state index is 12.7. The molecule has 0 aromatic carbocycles. The highest BCUT2D eigenvalue weighted by Gasteiger charge is 2.39. The molecular weight excluding hydrogens is 250 g/mol. The SMILES string of the molecule is CC1CC1CN(C)C(=O)C1CCCN1C1CCNCC1. The second-order valence-electron chi connectivity index (χ2n) is 7.07. The summed E-state index contributed by atoms with van der Waals surface area (Å²) in [4.78, 5) is 17.3. The molecule has 3 rings (SSSR count). The van der Waals surface area contributed by atoms with Crippen molar-refractivity contribution >= 4 is 5.91 Å². The molecule has 0 aromatic rings. The number of hydrogen-bond donors (Lipinski definition) is 1. The van der Waals surface area contributed by atoms with Crippen molar-refractivity contribution in [2.24, 2.45) is 11.8 Å². The summed E-state index contributed by atoms with van der Waals surface area (Å²) >= 11 is 0. The van der Waals surface area contributed by atoms with E-state index in [1.54, 1.807) is 0 Å². The molecule has 3 aliphatic rings. The van der Waals surface area contributed by atoms with E-state index in [1.165, 1.54) is 25.7 Å². The van der Waals surface area contributed by atoms with Crippen LogP contribution in [0.3, 0.4) is 0 Å². The molecule has 3 fully saturated rings. The molecule has 20 heavy (non-hydrogen) atoms. The quantitative estimate of drug-likeness (QED) is 0.843. The van der Waals surface area contributed by atoms with E-state index in [0.29, 0.717) is 11.9 Å². The first-order chi connectivity index (χ1) is 9.66. The highest BCUT2D eigenvalue weighted by Crippen LogP contribution is 2.38. The fourth-order valence-electron chi connectivity index (χ4n) is 3.98. The van der Waals surface area contributed by atoms with Crippen LogP contribution in [0.5, 0.6) is 0 Å². The van der Waals surface area contributed by atoms with Crippen molar-refractivity contribution in [1.29, 1.82) is 0 Å². The van der Waals surface area contributed by atoms with Crippen molar-refractivity contribution in [3.8, 4) is 0 Å². The summed E-state index contributed by atoms with van der Waals surface area (Å²) < 4.78 is 0. The van der Waals surface area contributed by atoms with Gasteiger partial charge in [0.25, 0.3) is 0 Å². The summed E-state index contributed by atoms with van der Waals surface area (Å²) in [6, 6.07) is 0.790. The lowest BCUT2D eigenvalue weighted by molar-refractivity contribution is -0.135. The van der Waals surface area contributed by atoms with Crippen LogP contribution in [0.25, 0.3) is 0 Å². The average molecular weight is 279 g/mol. The molecule has 4 heteroatoms. The molecule has 1 N–H and O–H groups in total. The summed E-state index contributed by atoms with van der Waals surface area (Å²) in [6.07, 6.45) is 5.96. The lowest BCUT2D eigenvalue weighted by Crippen LogP contribution is -2.51. The highest BCUT2D eigenvalue weighted by atomic mass is 16.2. The van der Waals surface area contributed by atoms with Gasteiger partial charge >= 0.3 is 0 Å². The zero-order valence-corrected chi connectivity index (χ0v) is 13.0. The van der Waals surface area contributed by atoms with E-state index < -0.39 is 0 Å². The third-order valence-electron chi connectivity index (χ3n) is 5.52. The van der Waals surface area contributed by atoms with E-state index >= 15 is 0 Å². The van der Waals surface area contributed by atoms with Crippen molar-refractivity contribution in [3.05, 3.63) is 0 Å². The zero-order chi connectivity index (χ0) is 14.1. The van der Waals surface area contributed by atoms with Gasteiger partial charge in [0.2, 0.25) is 5.91 Å². The van der Waals surface area contributed by atoms with Crippen molar-refractivity contribution < 1.29 is 4.79 Å². The molecule has 3 unspecified atom stereocenters. The molecule has 4 nitrogen and oxygen atoms in total. The van der Waals surface area contributed by atoms with Gasteiger partial charge in [-0.2, -0.15) is 0 Å². The van der Waals surface area contributed by atoms with Gasteiger partial charge in [0.15, 0.2) is 0 Å². The Hall–Kier alpha value is -0.610. The van der Waals surface area contributed by atoms with E-state index in [4.69, 9.17) is 0 Å². The van der Waals surface area contributed by atoms with Crippen molar-refractivity contribution in [2.45, 2.75) is 51.1 Å². The normalized spacial score (nSPS) is 35.2. The summed E-state index contributed by atoms with van der Waals surface area (Å²) in [6.45, 7) is 6.60. The smallest absolute Gasteiger partial charge is 0.239 e. The Labute approximate surface area is 122 Å². The molecule has 1 aliphatic carbocycles. The van der Waals surface area contributed by atoms with E-state index in [0.717, 1.165) is 44.4 Å². The van der Waals surface area contributed by atoms with Gasteiger partial charge in [-0.05, 0) is 63.6 Å². The fourth-order valence-corrected chi connectivity index (χ4v) is 3.98. The first-order valence-corrected chi connectivity index (χ1v) is 8.38. The van der Waals surface area contributed by atoms with Gasteiger partial charge in [-0.1, -0.05) is 6.92 Å². The van der Waals surface area contributed by atoms with Gasteiger partial charge in [0.05, 0.1) is 6.04 Å². The number of likely N-dealkylation sites (N-methyl/N-ethyl adjacent to an activating group) is 1. The molecular formula is C16H29N3O. The third-order valence-corrected chi connectivity index (χ3v) is 5.52. The number of carbonyl (C=O) groups excluding carboxylic acids is 1. The minimum atomic E-state index is 0.164. The summed E-state index contributed by atoms with van der Waals surface area (Å²) in [7, 11) is 2.01. The van der Waals surface area contributed by atoms with Crippen LogP contribution in [0, 0.1) is 11.8 Å². The molecule has 1 saturated carbocycles. The second kappa shape index (κ2) is 6.02. The minimum absolute atomic E-state index is 0.164. The molecule has 114 valence electrons. The molecule has 2 saturated heterocycles. The van der Waals surface area contributed by atoms with Crippen LogP contribution in [0.4, 0.5) is 0 Å². The van der Waals surface area contributed by atoms with E-state index in [9.17, 15) is 4.79 Å². The molecule has 0 radical (unpaired) electrons. The maximum absolute atomic E-state index is 12.7. The van der Waals surface area contributed by atoms with Gasteiger partial charge in [-0.15, -0.1) is 0 Å². The van der Waals surface area contributed by atoms with Crippen LogP contribution in [0.1, 0.15) is 39.0 Å². The number of hydrogen-bond acceptors (Lipinski definition) is 3. The van der Waals surface area contributed by atoms with Crippen LogP contribution in [0.15, 0.2) is 0 Å². The average Bonchev–Trinajstić information content (AvgIpc) is 2.96. The molecule has 2 aliphatic heterocycles. The van der Waals surface area contributed by atoms with Crippen LogP contribution in [0.2, 0.25) is 0 Å². The number of nitrogens with zero attached hydrogens (tertiary/aromatic N) is 2. The summed E-state index contributed by atoms with van der Waals surface area (Å²) in [5.74, 6) is 1.96. The van der Waals surface area contributed by atoms with Crippen LogP contribution < -0.4 is 5.32 Å². The Morgan fingerprint density at radius 2 is 2.00 bits per heavy atom. The van der Waals surface area contributed by atoms with Crippen molar-refractivity contribution in [3.63, 3.8) is 0 Å². The number of piperidine rings is 1. The highest BCUT2D eigenvalue weighted by molar-refractivity contribution is 5.82. The first-order valence-electron chi connectivity index (χ1n) is 8.38. The second-order valence-corrected chi connectivity index (χ2v) is 7.07. The summed E-state index contributed by atoms with van der Waals surface area (Å²) in [5.41, 5.74) is 0. The Bertz CT molecular complexity index is 354. The number of amides is 1. The molecule has 2 heterocycles. The Kier molecular flexibility index (Phi) is 4.32. The molecule has 0 bridgehead atoms. The Morgan fingerprint density at radius 1 is 1.30 bits per heavy atom. The Morgan fingerprint density at radius 3 is 2.65 bits per heavy atom. The van der Waals surface area contributed by atoms with Crippen LogP contribution in [-0.4, -0.2) is 61.0 Å². The van der Waals surface area contributed by atoms with Gasteiger partial charge in [-0.25, -0.2) is 0 Å². The predicted molar refractivity (Wildman–Crippen MR) is 80.5 cm³/mol. The lowest BCUT2D eigenvalue weighted by Gasteiger charge is -2.36. The zero-order valence-electron chi connectivity index (χ0n) is 13.0. The van der Waals surface area contributed by atoms with Crippen LogP contribution >= 0.6 is 0 Å². The van der Waals surface area contributed by atoms with E-state index in [2.05, 4.69) is 17.1 Å². The standard InChI is InChI=1S/C16H29N3O/c1-12-10-13(12)11-18(2)16(20)15-4-3-9-19(15)14-5-7-17-8-6-14/h12-15,17H,3-11H2,1-2H3. The predicted octanol–water partition coefficient (Wildman–Crippen LogP) is 1.32. The number of carbonyl (C=O) groups is 1. The first kappa shape index (κ1) is 14.3. The largest absolute Gasteiger partial charge is 0.344 e. The van der Waals surface area contributed by atoms with Gasteiger partial charge in [0.1, 0.15) is 0 Å². The van der Waals surface area contributed by atoms with Gasteiger partial charge < -0.3 is 10.2 Å². The minimum Gasteiger partial charge on any atom is -0.344 e. The van der Waals surface area contributed by atoms with E-state index in [-0.39, 0.29) is 6.04 Å². The fraction of sp³-hybridized carbons (Fsp3) is 0.938. The van der Waals surface area contributed by atoms with Crippen molar-refractivity contribution in [1.82, 2.24) is 15.1 Å². The lowest BCUT2D eigenvalue weighted by atomic mass is 10.0. The molecule has 0 aromatic heterocycles. The van der Waals surface area contributed by atoms with Gasteiger partial charge in [0, 0.05) is 19.6 Å². The van der Waals surface area contributed by atoms with E-state index in [1.807, 2.05) is 11.9 Å². The monoisotopic (exact) mass is 279 g/mol. The maximum Gasteiger partial charge on any atom is 0.239 e. The number of nitrogens with one attached hydrogen (secondary N) is 1. The third kappa shape index (κ3) is 3.01. The topological polar surface area (TPSA) is 35.6 Å². The van der Waals surface area contributed by atoms with Crippen molar-refractivity contribution in [2.75, 3.05) is 33.2 Å². The molecule has 0 spiro atoms. The molecule has 1 amide bonds. The Balaban J connectivity index is 1.57. The van der Waals surface area contributed by atoms with Gasteiger partial charge in [-0.3, -0.25) is 9.69 Å². The number of rotatable bonds is 4. The van der Waals surface area contributed by atoms with Crippen LogP contribution in [-0.2, 0) is 4.79 Å². The molecule has 3 atom stereocenters. The summed E-state index contributed by atoms with van der Waals surface area (Å²) in [5, 5.41) is 3.42. The number of likely N-dealkylation sites (tertiary alicyclic amines) is 1.